The number of anilines is 2. The molecule has 4 rings (SSSR count). The summed E-state index contributed by atoms with van der Waals surface area (Å²) in [6.07, 6.45) is 4.93. The van der Waals surface area contributed by atoms with Crippen LogP contribution < -0.4 is 10.6 Å². The van der Waals surface area contributed by atoms with Crippen molar-refractivity contribution < 1.29 is 9.53 Å². The first-order chi connectivity index (χ1) is 13.0. The maximum absolute atomic E-state index is 11.1. The normalized spacial score (nSPS) is 16.1. The first kappa shape index (κ1) is 17.0. The van der Waals surface area contributed by atoms with Gasteiger partial charge in [-0.05, 0) is 43.2 Å². The molecule has 1 unspecified atom stereocenters. The Labute approximate surface area is 156 Å². The van der Waals surface area contributed by atoms with Gasteiger partial charge >= 0.3 is 6.09 Å². The van der Waals surface area contributed by atoms with Crippen molar-refractivity contribution in [1.82, 2.24) is 25.1 Å². The predicted molar refractivity (Wildman–Crippen MR) is 101 cm³/mol. The smallest absolute Gasteiger partial charge is 0.407 e. The average molecular weight is 364 g/mol. The summed E-state index contributed by atoms with van der Waals surface area (Å²) in [6.45, 7) is 5.00. The van der Waals surface area contributed by atoms with Crippen molar-refractivity contribution in [2.75, 3.05) is 11.9 Å². The lowest BCUT2D eigenvalue weighted by Gasteiger charge is -2.09. The summed E-state index contributed by atoms with van der Waals surface area (Å²) < 4.78 is 6.95. The molecule has 0 saturated carbocycles. The molecule has 1 fully saturated rings. The Morgan fingerprint density at radius 2 is 2.19 bits per heavy atom. The quantitative estimate of drug-likeness (QED) is 0.723. The van der Waals surface area contributed by atoms with Crippen molar-refractivity contribution in [2.45, 2.75) is 26.5 Å². The van der Waals surface area contributed by atoms with E-state index in [4.69, 9.17) is 4.74 Å². The number of amides is 1. The van der Waals surface area contributed by atoms with Crippen LogP contribution in [0.15, 0.2) is 42.9 Å². The fraction of sp³-hybridized carbons (Fsp3) is 0.263. The third-order valence-corrected chi connectivity index (χ3v) is 4.23. The number of carbonyl (C=O) groups is 1. The van der Waals surface area contributed by atoms with Gasteiger partial charge in [-0.25, -0.2) is 14.8 Å². The third kappa shape index (κ3) is 4.05. The van der Waals surface area contributed by atoms with Crippen LogP contribution in [0, 0.1) is 13.8 Å². The number of aryl methyl sites for hydroxylation is 2. The van der Waals surface area contributed by atoms with Crippen LogP contribution in [-0.4, -0.2) is 38.5 Å². The molecule has 2 N–H and O–H groups in total. The molecule has 1 amide bonds. The molecular weight excluding hydrogens is 344 g/mol. The van der Waals surface area contributed by atoms with Gasteiger partial charge < -0.3 is 15.4 Å². The Hall–Kier alpha value is -3.42. The summed E-state index contributed by atoms with van der Waals surface area (Å²) in [5, 5.41) is 10.3. The maximum atomic E-state index is 11.1. The summed E-state index contributed by atoms with van der Waals surface area (Å²) in [4.78, 5) is 19.8. The number of benzene rings is 1. The van der Waals surface area contributed by atoms with Crippen LogP contribution in [0.3, 0.4) is 0 Å². The molecule has 3 heterocycles. The average Bonchev–Trinajstić information content (AvgIpc) is 3.24. The number of alkyl carbamates (subject to hydrolysis) is 1. The molecular formula is C19H20N6O2. The van der Waals surface area contributed by atoms with E-state index in [1.165, 1.54) is 0 Å². The molecule has 2 aromatic heterocycles. The molecule has 0 bridgehead atoms. The Balaban J connectivity index is 1.53. The predicted octanol–water partition coefficient (Wildman–Crippen LogP) is 2.81. The molecule has 1 atom stereocenters. The van der Waals surface area contributed by atoms with Gasteiger partial charge in [0.15, 0.2) is 0 Å². The highest BCUT2D eigenvalue weighted by atomic mass is 16.6. The van der Waals surface area contributed by atoms with Gasteiger partial charge in [0, 0.05) is 29.3 Å². The van der Waals surface area contributed by atoms with E-state index in [1.807, 2.05) is 44.4 Å². The molecule has 0 spiro atoms. The lowest BCUT2D eigenvalue weighted by Crippen LogP contribution is -2.20. The van der Waals surface area contributed by atoms with Crippen molar-refractivity contribution in [2.24, 2.45) is 0 Å². The van der Waals surface area contributed by atoms with Crippen molar-refractivity contribution in [3.63, 3.8) is 0 Å². The van der Waals surface area contributed by atoms with Crippen molar-refractivity contribution >= 4 is 17.7 Å². The number of rotatable bonds is 5. The lowest BCUT2D eigenvalue weighted by atomic mass is 10.1. The third-order valence-electron chi connectivity index (χ3n) is 4.23. The number of cyclic esters (lactones) is 1. The number of ether oxygens (including phenoxy) is 1. The zero-order valence-electron chi connectivity index (χ0n) is 15.1. The molecule has 0 aliphatic carbocycles. The zero-order valence-corrected chi connectivity index (χ0v) is 15.1. The van der Waals surface area contributed by atoms with Gasteiger partial charge in [0.2, 0.25) is 5.95 Å². The van der Waals surface area contributed by atoms with E-state index < -0.39 is 0 Å². The Morgan fingerprint density at radius 3 is 2.96 bits per heavy atom. The standard InChI is InChI=1S/C19H20N6O2/c1-12-5-14(7-16(6-12)24-18-20-4-3-13(2)23-18)15-8-22-25(10-15)11-17-9-21-19(26)27-17/h3-8,10,17H,9,11H2,1-2H3,(H,21,26)(H,20,23,24). The molecule has 1 saturated heterocycles. The topological polar surface area (TPSA) is 94.0 Å². The fourth-order valence-corrected chi connectivity index (χ4v) is 3.01. The number of carbonyl (C=O) groups excluding carboxylic acids is 1. The van der Waals surface area contributed by atoms with Crippen LogP contribution in [-0.2, 0) is 11.3 Å². The monoisotopic (exact) mass is 364 g/mol. The SMILES string of the molecule is Cc1cc(Nc2nccc(C)n2)cc(-c2cnn(CC3CNC(=O)O3)c2)c1. The van der Waals surface area contributed by atoms with Gasteiger partial charge in [0.1, 0.15) is 6.10 Å². The first-order valence-corrected chi connectivity index (χ1v) is 8.71. The number of nitrogens with zero attached hydrogens (tertiary/aromatic N) is 4. The highest BCUT2D eigenvalue weighted by Gasteiger charge is 2.23. The van der Waals surface area contributed by atoms with Crippen LogP contribution in [0.5, 0.6) is 0 Å². The van der Waals surface area contributed by atoms with E-state index in [1.54, 1.807) is 10.9 Å². The van der Waals surface area contributed by atoms with Crippen LogP contribution in [0.2, 0.25) is 0 Å². The second-order valence-corrected chi connectivity index (χ2v) is 6.59. The molecule has 1 aliphatic heterocycles. The highest BCUT2D eigenvalue weighted by molar-refractivity contribution is 5.70. The molecule has 0 radical (unpaired) electrons. The van der Waals surface area contributed by atoms with E-state index >= 15 is 0 Å². The maximum Gasteiger partial charge on any atom is 0.407 e. The lowest BCUT2D eigenvalue weighted by molar-refractivity contribution is 0.129. The van der Waals surface area contributed by atoms with E-state index in [0.29, 0.717) is 19.0 Å². The summed E-state index contributed by atoms with van der Waals surface area (Å²) in [5.74, 6) is 0.567. The highest BCUT2D eigenvalue weighted by Crippen LogP contribution is 2.26. The van der Waals surface area contributed by atoms with Crippen LogP contribution >= 0.6 is 0 Å². The second-order valence-electron chi connectivity index (χ2n) is 6.59. The van der Waals surface area contributed by atoms with Gasteiger partial charge in [-0.15, -0.1) is 0 Å². The number of hydrogen-bond acceptors (Lipinski definition) is 6. The molecule has 8 heteroatoms. The van der Waals surface area contributed by atoms with Gasteiger partial charge in [-0.3, -0.25) is 4.68 Å². The minimum absolute atomic E-state index is 0.196. The first-order valence-electron chi connectivity index (χ1n) is 8.71. The number of hydrogen-bond donors (Lipinski definition) is 2. The minimum atomic E-state index is -0.375. The molecule has 1 aromatic carbocycles. The van der Waals surface area contributed by atoms with Crippen LogP contribution in [0.1, 0.15) is 11.3 Å². The number of aromatic nitrogens is 4. The van der Waals surface area contributed by atoms with Gasteiger partial charge in [-0.2, -0.15) is 5.10 Å². The largest absolute Gasteiger partial charge is 0.442 e. The minimum Gasteiger partial charge on any atom is -0.442 e. The summed E-state index contributed by atoms with van der Waals surface area (Å²) in [6, 6.07) is 8.04. The summed E-state index contributed by atoms with van der Waals surface area (Å²) in [7, 11) is 0. The van der Waals surface area contributed by atoms with Crippen LogP contribution in [0.4, 0.5) is 16.4 Å². The summed E-state index contributed by atoms with van der Waals surface area (Å²) in [5.41, 5.74) is 4.97. The van der Waals surface area contributed by atoms with Crippen molar-refractivity contribution in [3.05, 3.63) is 54.1 Å². The fourth-order valence-electron chi connectivity index (χ4n) is 3.01. The van der Waals surface area contributed by atoms with E-state index in [2.05, 4.69) is 31.8 Å². The molecule has 3 aromatic rings. The van der Waals surface area contributed by atoms with Crippen LogP contribution in [0.25, 0.3) is 11.1 Å². The van der Waals surface area contributed by atoms with Crippen molar-refractivity contribution in [3.8, 4) is 11.1 Å². The molecule has 138 valence electrons. The van der Waals surface area contributed by atoms with E-state index in [0.717, 1.165) is 28.1 Å². The van der Waals surface area contributed by atoms with E-state index in [-0.39, 0.29) is 12.2 Å². The van der Waals surface area contributed by atoms with Gasteiger partial charge in [0.05, 0.1) is 19.3 Å². The van der Waals surface area contributed by atoms with Gasteiger partial charge in [-0.1, -0.05) is 6.07 Å². The van der Waals surface area contributed by atoms with Crippen molar-refractivity contribution in [1.29, 1.82) is 0 Å². The Kier molecular flexibility index (Phi) is 4.45. The Bertz CT molecular complexity index is 984. The Morgan fingerprint density at radius 1 is 1.30 bits per heavy atom. The molecule has 1 aliphatic rings. The second kappa shape index (κ2) is 7.06. The molecule has 8 nitrogen and oxygen atoms in total. The van der Waals surface area contributed by atoms with Gasteiger partial charge in [0.25, 0.3) is 0 Å². The zero-order chi connectivity index (χ0) is 18.8. The summed E-state index contributed by atoms with van der Waals surface area (Å²) >= 11 is 0. The number of nitrogens with one attached hydrogen (secondary N) is 2. The van der Waals surface area contributed by atoms with E-state index in [9.17, 15) is 4.79 Å². The molecule has 27 heavy (non-hydrogen) atoms.